The second-order valence-electron chi connectivity index (χ2n) is 3.46. The van der Waals surface area contributed by atoms with Crippen LogP contribution in [0.2, 0.25) is 0 Å². The van der Waals surface area contributed by atoms with Crippen molar-refractivity contribution in [1.82, 2.24) is 0 Å². The van der Waals surface area contributed by atoms with Gasteiger partial charge in [0, 0.05) is 12.0 Å². The Morgan fingerprint density at radius 2 is 2.00 bits per heavy atom. The molecule has 0 saturated heterocycles. The van der Waals surface area contributed by atoms with Gasteiger partial charge in [0.1, 0.15) is 5.82 Å². The number of benzene rings is 1. The number of ketones is 2. The number of halogens is 1. The third-order valence-corrected chi connectivity index (χ3v) is 2.17. The summed E-state index contributed by atoms with van der Waals surface area (Å²) in [7, 11) is 0. The summed E-state index contributed by atoms with van der Waals surface area (Å²) in [6.07, 6.45) is 0.841. The normalized spacial score (nSPS) is 10.1. The summed E-state index contributed by atoms with van der Waals surface area (Å²) < 4.78 is 12.9. The highest BCUT2D eigenvalue weighted by Gasteiger charge is 2.17. The van der Waals surface area contributed by atoms with E-state index in [2.05, 4.69) is 0 Å². The van der Waals surface area contributed by atoms with Crippen molar-refractivity contribution < 1.29 is 14.0 Å². The summed E-state index contributed by atoms with van der Waals surface area (Å²) in [5, 5.41) is 0. The lowest BCUT2D eigenvalue weighted by Gasteiger charge is -2.03. The van der Waals surface area contributed by atoms with Crippen LogP contribution in [0, 0.1) is 12.7 Å². The van der Waals surface area contributed by atoms with Gasteiger partial charge >= 0.3 is 0 Å². The van der Waals surface area contributed by atoms with Gasteiger partial charge < -0.3 is 0 Å². The fourth-order valence-corrected chi connectivity index (χ4v) is 1.33. The summed E-state index contributed by atoms with van der Waals surface area (Å²) in [5.74, 6) is -1.53. The maximum absolute atomic E-state index is 12.9. The number of carbonyl (C=O) groups is 2. The van der Waals surface area contributed by atoms with E-state index in [-0.39, 0.29) is 12.0 Å². The quantitative estimate of drug-likeness (QED) is 0.563. The Morgan fingerprint density at radius 1 is 1.33 bits per heavy atom. The molecule has 2 nitrogen and oxygen atoms in total. The van der Waals surface area contributed by atoms with Crippen molar-refractivity contribution in [2.75, 3.05) is 0 Å². The van der Waals surface area contributed by atoms with Gasteiger partial charge in [0.15, 0.2) is 0 Å². The maximum Gasteiger partial charge on any atom is 0.228 e. The largest absolute Gasteiger partial charge is 0.290 e. The zero-order valence-electron chi connectivity index (χ0n) is 8.84. The highest BCUT2D eigenvalue weighted by atomic mass is 19.1. The van der Waals surface area contributed by atoms with Gasteiger partial charge in [0.2, 0.25) is 11.6 Å². The Balaban J connectivity index is 3.00. The molecule has 1 aromatic carbocycles. The van der Waals surface area contributed by atoms with E-state index in [0.29, 0.717) is 12.0 Å². The number of Topliss-reactive ketones (excluding diaryl/α,β-unsaturated/α-hetero) is 2. The van der Waals surface area contributed by atoms with Crippen LogP contribution in [0.5, 0.6) is 0 Å². The van der Waals surface area contributed by atoms with Gasteiger partial charge in [-0.3, -0.25) is 9.59 Å². The van der Waals surface area contributed by atoms with Crippen molar-refractivity contribution >= 4 is 11.6 Å². The van der Waals surface area contributed by atoms with Crippen LogP contribution in [0.1, 0.15) is 35.7 Å². The van der Waals surface area contributed by atoms with Crippen molar-refractivity contribution in [3.63, 3.8) is 0 Å². The average molecular weight is 208 g/mol. The van der Waals surface area contributed by atoms with E-state index in [1.807, 2.05) is 6.92 Å². The van der Waals surface area contributed by atoms with Crippen molar-refractivity contribution in [2.24, 2.45) is 0 Å². The molecule has 0 amide bonds. The van der Waals surface area contributed by atoms with Gasteiger partial charge in [-0.05, 0) is 31.0 Å². The SMILES string of the molecule is CCCC(=O)C(=O)c1cc(F)ccc1C. The molecular formula is C12H13FO2. The summed E-state index contributed by atoms with van der Waals surface area (Å²) in [6.45, 7) is 3.51. The van der Waals surface area contributed by atoms with Gasteiger partial charge in [0.25, 0.3) is 0 Å². The minimum atomic E-state index is -0.589. The number of hydrogen-bond donors (Lipinski definition) is 0. The molecule has 0 unspecified atom stereocenters. The molecule has 15 heavy (non-hydrogen) atoms. The van der Waals surface area contributed by atoms with E-state index in [1.54, 1.807) is 6.92 Å². The van der Waals surface area contributed by atoms with E-state index < -0.39 is 17.4 Å². The average Bonchev–Trinajstić information content (AvgIpc) is 2.21. The van der Waals surface area contributed by atoms with E-state index in [4.69, 9.17) is 0 Å². The highest BCUT2D eigenvalue weighted by molar-refractivity contribution is 6.43. The predicted octanol–water partition coefficient (Wildman–Crippen LogP) is 2.69. The van der Waals surface area contributed by atoms with Gasteiger partial charge in [-0.25, -0.2) is 4.39 Å². The molecule has 0 aliphatic carbocycles. The van der Waals surface area contributed by atoms with Crippen LogP contribution in [0.15, 0.2) is 18.2 Å². The molecule has 0 aliphatic rings. The molecule has 0 aromatic heterocycles. The topological polar surface area (TPSA) is 34.1 Å². The van der Waals surface area contributed by atoms with Gasteiger partial charge in [-0.2, -0.15) is 0 Å². The Morgan fingerprint density at radius 3 is 2.60 bits per heavy atom. The van der Waals surface area contributed by atoms with E-state index in [9.17, 15) is 14.0 Å². The second-order valence-corrected chi connectivity index (χ2v) is 3.46. The number of rotatable bonds is 4. The Bertz CT molecular complexity index is 397. The number of aryl methyl sites for hydroxylation is 1. The molecule has 0 bridgehead atoms. The smallest absolute Gasteiger partial charge is 0.228 e. The number of carbonyl (C=O) groups excluding carboxylic acids is 2. The molecule has 80 valence electrons. The lowest BCUT2D eigenvalue weighted by atomic mass is 10.00. The van der Waals surface area contributed by atoms with Gasteiger partial charge in [-0.1, -0.05) is 13.0 Å². The zero-order chi connectivity index (χ0) is 11.4. The van der Waals surface area contributed by atoms with Crippen molar-refractivity contribution in [2.45, 2.75) is 26.7 Å². The first-order chi connectivity index (χ1) is 7.06. The minimum Gasteiger partial charge on any atom is -0.290 e. The first-order valence-corrected chi connectivity index (χ1v) is 4.90. The van der Waals surface area contributed by atoms with Crippen LogP contribution in [-0.4, -0.2) is 11.6 Å². The minimum absolute atomic E-state index is 0.174. The Hall–Kier alpha value is -1.51. The number of hydrogen-bond acceptors (Lipinski definition) is 2. The molecule has 0 spiro atoms. The van der Waals surface area contributed by atoms with Crippen LogP contribution in [0.4, 0.5) is 4.39 Å². The van der Waals surface area contributed by atoms with E-state index >= 15 is 0 Å². The van der Waals surface area contributed by atoms with Crippen molar-refractivity contribution in [3.8, 4) is 0 Å². The standard InChI is InChI=1S/C12H13FO2/c1-3-4-11(14)12(15)10-7-9(13)6-5-8(10)2/h5-7H,3-4H2,1-2H3. The molecule has 0 aliphatic heterocycles. The van der Waals surface area contributed by atoms with Crippen LogP contribution < -0.4 is 0 Å². The third-order valence-electron chi connectivity index (χ3n) is 2.17. The van der Waals surface area contributed by atoms with Gasteiger partial charge in [0.05, 0.1) is 0 Å². The second kappa shape index (κ2) is 4.82. The Kier molecular flexibility index (Phi) is 3.72. The zero-order valence-corrected chi connectivity index (χ0v) is 8.84. The predicted molar refractivity (Wildman–Crippen MR) is 55.4 cm³/mol. The van der Waals surface area contributed by atoms with E-state index in [0.717, 1.165) is 6.07 Å². The molecule has 3 heteroatoms. The summed E-state index contributed by atoms with van der Waals surface area (Å²) in [5.41, 5.74) is 0.805. The highest BCUT2D eigenvalue weighted by Crippen LogP contribution is 2.12. The Labute approximate surface area is 88.1 Å². The van der Waals surface area contributed by atoms with Crippen LogP contribution >= 0.6 is 0 Å². The molecule has 1 rings (SSSR count). The van der Waals surface area contributed by atoms with Crippen LogP contribution in [0.3, 0.4) is 0 Å². The lowest BCUT2D eigenvalue weighted by molar-refractivity contribution is -0.115. The molecule has 0 N–H and O–H groups in total. The maximum atomic E-state index is 12.9. The summed E-state index contributed by atoms with van der Waals surface area (Å²) in [4.78, 5) is 22.9. The fourth-order valence-electron chi connectivity index (χ4n) is 1.33. The first kappa shape index (κ1) is 11.6. The monoisotopic (exact) mass is 208 g/mol. The third kappa shape index (κ3) is 2.72. The van der Waals surface area contributed by atoms with Crippen molar-refractivity contribution in [1.29, 1.82) is 0 Å². The molecule has 0 radical (unpaired) electrons. The van der Waals surface area contributed by atoms with E-state index in [1.165, 1.54) is 12.1 Å². The molecule has 0 fully saturated rings. The van der Waals surface area contributed by atoms with Crippen molar-refractivity contribution in [3.05, 3.63) is 35.1 Å². The molecule has 0 atom stereocenters. The summed E-state index contributed by atoms with van der Waals surface area (Å²) in [6, 6.07) is 3.89. The lowest BCUT2D eigenvalue weighted by Crippen LogP contribution is -2.15. The first-order valence-electron chi connectivity index (χ1n) is 4.90. The van der Waals surface area contributed by atoms with Crippen LogP contribution in [0.25, 0.3) is 0 Å². The fraction of sp³-hybridized carbons (Fsp3) is 0.333. The molecule has 0 saturated carbocycles. The van der Waals surface area contributed by atoms with Gasteiger partial charge in [-0.15, -0.1) is 0 Å². The molecule has 1 aromatic rings. The molecular weight excluding hydrogens is 195 g/mol. The molecule has 0 heterocycles. The van der Waals surface area contributed by atoms with Crippen LogP contribution in [-0.2, 0) is 4.79 Å². The summed E-state index contributed by atoms with van der Waals surface area (Å²) >= 11 is 0.